The number of hydrogen-bond donors (Lipinski definition) is 0. The topological polar surface area (TPSA) is 17.1 Å². The van der Waals surface area contributed by atoms with Crippen LogP contribution in [0.15, 0.2) is 47.6 Å². The van der Waals surface area contributed by atoms with Gasteiger partial charge in [0, 0.05) is 5.92 Å². The van der Waals surface area contributed by atoms with Gasteiger partial charge in [-0.2, -0.15) is 0 Å². The van der Waals surface area contributed by atoms with Crippen LogP contribution in [0, 0.1) is 35.0 Å². The van der Waals surface area contributed by atoms with Crippen LogP contribution in [-0.2, 0) is 4.79 Å². The molecule has 0 aromatic rings. The molecule has 158 valence electrons. The average molecular weight is 393 g/mol. The first-order valence-electron chi connectivity index (χ1n) is 12.2. The third kappa shape index (κ3) is 4.39. The Morgan fingerprint density at radius 1 is 1.14 bits per heavy atom. The van der Waals surface area contributed by atoms with E-state index >= 15 is 0 Å². The predicted molar refractivity (Wildman–Crippen MR) is 123 cm³/mol. The fraction of sp³-hybridized carbons (Fsp3) is 0.679. The molecule has 4 rings (SSSR count). The van der Waals surface area contributed by atoms with Gasteiger partial charge in [-0.3, -0.25) is 4.79 Å². The largest absolute Gasteiger partial charge is 0.295 e. The molecule has 1 nitrogen and oxygen atoms in total. The number of rotatable bonds is 5. The Labute approximate surface area is 178 Å². The van der Waals surface area contributed by atoms with Crippen LogP contribution in [-0.4, -0.2) is 5.78 Å². The number of fused-ring (bicyclic) bond motifs is 1. The summed E-state index contributed by atoms with van der Waals surface area (Å²) >= 11 is 0. The minimum atomic E-state index is 0.347. The lowest BCUT2D eigenvalue weighted by Gasteiger charge is -2.44. The normalized spacial score (nSPS) is 39.3. The Bertz CT molecular complexity index is 746. The number of carbonyl (C=O) groups is 1. The van der Waals surface area contributed by atoms with Gasteiger partial charge in [0.05, 0.1) is 0 Å². The quantitative estimate of drug-likeness (QED) is 0.440. The lowest BCUT2D eigenvalue weighted by molar-refractivity contribution is -0.115. The molecule has 0 aromatic heterocycles. The molecule has 5 atom stereocenters. The van der Waals surface area contributed by atoms with E-state index in [1.54, 1.807) is 5.57 Å². The van der Waals surface area contributed by atoms with Crippen LogP contribution in [0.4, 0.5) is 0 Å². The van der Waals surface area contributed by atoms with Crippen LogP contribution in [0.25, 0.3) is 0 Å². The van der Waals surface area contributed by atoms with Gasteiger partial charge in [0.1, 0.15) is 0 Å². The SMILES string of the molecule is C=C1CC[C@H](C)C/C1=C\C=C1/CCC[C@@]2(C)[C@H]1CC[C@H]2[C@H](C)/C=C/C(=O)C1CC1. The molecule has 0 saturated heterocycles. The van der Waals surface area contributed by atoms with Crippen molar-refractivity contribution in [3.05, 3.63) is 47.6 Å². The molecule has 1 heteroatoms. The molecular weight excluding hydrogens is 352 g/mol. The fourth-order valence-electron chi connectivity index (χ4n) is 6.62. The summed E-state index contributed by atoms with van der Waals surface area (Å²) in [6.07, 6.45) is 21.5. The summed E-state index contributed by atoms with van der Waals surface area (Å²) in [5.41, 5.74) is 4.94. The first kappa shape index (κ1) is 20.9. The smallest absolute Gasteiger partial charge is 0.158 e. The molecule has 29 heavy (non-hydrogen) atoms. The lowest BCUT2D eigenvalue weighted by atomic mass is 9.61. The molecule has 4 aliphatic rings. The van der Waals surface area contributed by atoms with E-state index in [-0.39, 0.29) is 0 Å². The van der Waals surface area contributed by atoms with Crippen LogP contribution in [0.5, 0.6) is 0 Å². The summed E-state index contributed by atoms with van der Waals surface area (Å²) in [7, 11) is 0. The van der Waals surface area contributed by atoms with Crippen molar-refractivity contribution >= 4 is 5.78 Å². The highest BCUT2D eigenvalue weighted by atomic mass is 16.1. The summed E-state index contributed by atoms with van der Waals surface area (Å²) < 4.78 is 0. The van der Waals surface area contributed by atoms with Crippen LogP contribution < -0.4 is 0 Å². The Kier molecular flexibility index (Phi) is 6.05. The first-order chi connectivity index (χ1) is 13.9. The zero-order chi connectivity index (χ0) is 20.6. The summed E-state index contributed by atoms with van der Waals surface area (Å²) in [4.78, 5) is 12.1. The molecule has 0 spiro atoms. The van der Waals surface area contributed by atoms with Crippen molar-refractivity contribution in [1.29, 1.82) is 0 Å². The molecule has 0 radical (unpaired) electrons. The van der Waals surface area contributed by atoms with Gasteiger partial charge in [0.15, 0.2) is 5.78 Å². The van der Waals surface area contributed by atoms with E-state index in [2.05, 4.69) is 45.6 Å². The maximum atomic E-state index is 12.1. The summed E-state index contributed by atoms with van der Waals surface area (Å²) in [6, 6.07) is 0. The van der Waals surface area contributed by atoms with E-state index in [9.17, 15) is 4.79 Å². The molecule has 0 heterocycles. The van der Waals surface area contributed by atoms with E-state index < -0.39 is 0 Å². The van der Waals surface area contributed by atoms with Crippen LogP contribution >= 0.6 is 0 Å². The highest BCUT2D eigenvalue weighted by Gasteiger charge is 2.50. The van der Waals surface area contributed by atoms with Crippen molar-refractivity contribution in [2.75, 3.05) is 0 Å². The van der Waals surface area contributed by atoms with Crippen molar-refractivity contribution < 1.29 is 4.79 Å². The molecule has 0 unspecified atom stereocenters. The second-order valence-corrected chi connectivity index (χ2v) is 10.9. The molecule has 0 amide bonds. The van der Waals surface area contributed by atoms with Crippen LogP contribution in [0.2, 0.25) is 0 Å². The van der Waals surface area contributed by atoms with Crippen LogP contribution in [0.3, 0.4) is 0 Å². The molecule has 0 bridgehead atoms. The van der Waals surface area contributed by atoms with Gasteiger partial charge in [-0.05, 0) is 105 Å². The molecule has 4 saturated carbocycles. The number of allylic oxidation sites excluding steroid dienone is 7. The molecule has 0 aliphatic heterocycles. The van der Waals surface area contributed by atoms with E-state index in [1.807, 2.05) is 6.08 Å². The summed E-state index contributed by atoms with van der Waals surface area (Å²) in [5.74, 6) is 3.45. The van der Waals surface area contributed by atoms with Gasteiger partial charge in [0.25, 0.3) is 0 Å². The third-order valence-electron chi connectivity index (χ3n) is 8.68. The molecule has 0 aromatic carbocycles. The van der Waals surface area contributed by atoms with Crippen molar-refractivity contribution in [3.8, 4) is 0 Å². The van der Waals surface area contributed by atoms with Gasteiger partial charge in [-0.1, -0.05) is 56.7 Å². The van der Waals surface area contributed by atoms with E-state index in [1.165, 1.54) is 62.5 Å². The Morgan fingerprint density at radius 2 is 1.93 bits per heavy atom. The number of hydrogen-bond acceptors (Lipinski definition) is 1. The molecule has 0 N–H and O–H groups in total. The van der Waals surface area contributed by atoms with E-state index in [4.69, 9.17) is 0 Å². The molecule has 4 aliphatic carbocycles. The molecule has 4 fully saturated rings. The van der Waals surface area contributed by atoms with Crippen molar-refractivity contribution in [1.82, 2.24) is 0 Å². The lowest BCUT2D eigenvalue weighted by Crippen LogP contribution is -2.35. The van der Waals surface area contributed by atoms with Gasteiger partial charge >= 0.3 is 0 Å². The summed E-state index contributed by atoms with van der Waals surface area (Å²) in [6.45, 7) is 11.6. The Hall–Kier alpha value is -1.37. The van der Waals surface area contributed by atoms with Gasteiger partial charge in [-0.15, -0.1) is 0 Å². The Balaban J connectivity index is 1.48. The monoisotopic (exact) mass is 392 g/mol. The van der Waals surface area contributed by atoms with Gasteiger partial charge in [0.2, 0.25) is 0 Å². The predicted octanol–water partition coefficient (Wildman–Crippen LogP) is 7.60. The van der Waals surface area contributed by atoms with Gasteiger partial charge < -0.3 is 0 Å². The second kappa shape index (κ2) is 8.40. The highest BCUT2D eigenvalue weighted by Crippen LogP contribution is 2.59. The van der Waals surface area contributed by atoms with Crippen LogP contribution in [0.1, 0.15) is 85.0 Å². The van der Waals surface area contributed by atoms with Gasteiger partial charge in [-0.25, -0.2) is 0 Å². The number of ketones is 1. The minimum absolute atomic E-state index is 0.347. The maximum Gasteiger partial charge on any atom is 0.158 e. The number of carbonyl (C=O) groups excluding carboxylic acids is 1. The van der Waals surface area contributed by atoms with E-state index in [0.717, 1.165) is 24.7 Å². The fourth-order valence-corrected chi connectivity index (χ4v) is 6.62. The van der Waals surface area contributed by atoms with Crippen molar-refractivity contribution in [2.24, 2.45) is 35.0 Å². The van der Waals surface area contributed by atoms with E-state index in [0.29, 0.717) is 29.0 Å². The zero-order valence-corrected chi connectivity index (χ0v) is 18.9. The average Bonchev–Trinajstić information content (AvgIpc) is 3.48. The Morgan fingerprint density at radius 3 is 2.69 bits per heavy atom. The third-order valence-corrected chi connectivity index (χ3v) is 8.68. The zero-order valence-electron chi connectivity index (χ0n) is 18.9. The van der Waals surface area contributed by atoms with Crippen molar-refractivity contribution in [3.63, 3.8) is 0 Å². The summed E-state index contributed by atoms with van der Waals surface area (Å²) in [5, 5.41) is 0. The molecular formula is C28H40O. The van der Waals surface area contributed by atoms with Crippen molar-refractivity contribution in [2.45, 2.75) is 85.0 Å². The first-order valence-corrected chi connectivity index (χ1v) is 12.2. The highest BCUT2D eigenvalue weighted by molar-refractivity contribution is 5.93. The maximum absolute atomic E-state index is 12.1. The minimum Gasteiger partial charge on any atom is -0.295 e. The second-order valence-electron chi connectivity index (χ2n) is 10.9. The standard InChI is InChI=1S/C28H40O/c1-19-7-8-20(2)24(18-19)13-10-22-6-5-17-28(4)25(14-15-26(22)28)21(3)9-16-27(29)23-11-12-23/h9-10,13,16,19,21,23,25-26H,2,5-8,11-12,14-15,17-18H2,1,3-4H3/b16-9+,22-10+,24-13+/t19-,21+,25-,26-,28+/m0/s1.